The average molecular weight is 303 g/mol. The van der Waals surface area contributed by atoms with Crippen LogP contribution in [-0.4, -0.2) is 11.2 Å². The van der Waals surface area contributed by atoms with Gasteiger partial charge in [-0.25, -0.2) is 0 Å². The van der Waals surface area contributed by atoms with Crippen LogP contribution in [0.1, 0.15) is 79.1 Å². The fourth-order valence-electron chi connectivity index (χ4n) is 7.43. The van der Waals surface area contributed by atoms with E-state index >= 15 is 0 Å². The van der Waals surface area contributed by atoms with E-state index in [1.165, 1.54) is 44.9 Å². The first-order valence-electron chi connectivity index (χ1n) is 9.64. The van der Waals surface area contributed by atoms with Crippen molar-refractivity contribution in [2.24, 2.45) is 34.0 Å². The van der Waals surface area contributed by atoms with Crippen molar-refractivity contribution < 1.29 is 5.11 Å². The Morgan fingerprint density at radius 3 is 2.55 bits per heavy atom. The third-order valence-electron chi connectivity index (χ3n) is 9.16. The highest BCUT2D eigenvalue weighted by Gasteiger charge is 2.62. The normalized spacial score (nSPS) is 57.6. The summed E-state index contributed by atoms with van der Waals surface area (Å²) in [5.41, 5.74) is 2.85. The highest BCUT2D eigenvalue weighted by molar-refractivity contribution is 5.19. The van der Waals surface area contributed by atoms with E-state index in [0.29, 0.717) is 10.8 Å². The Bertz CT molecular complexity index is 508. The molecule has 0 amide bonds. The maximum atomic E-state index is 10.5. The smallest absolute Gasteiger partial charge is 0.0596 e. The lowest BCUT2D eigenvalue weighted by Crippen LogP contribution is -2.56. The van der Waals surface area contributed by atoms with Crippen LogP contribution in [0.25, 0.3) is 0 Å². The zero-order valence-electron chi connectivity index (χ0n) is 15.0. The van der Waals surface area contributed by atoms with E-state index in [1.807, 2.05) is 0 Å². The largest absolute Gasteiger partial charge is 0.393 e. The first-order chi connectivity index (χ1) is 10.3. The Kier molecular flexibility index (Phi) is 3.20. The molecular weight excluding hydrogens is 268 g/mol. The molecule has 22 heavy (non-hydrogen) atoms. The second-order valence-electron chi connectivity index (χ2n) is 9.96. The molecule has 3 fully saturated rings. The molecule has 0 unspecified atom stereocenters. The molecule has 1 N–H and O–H groups in total. The van der Waals surface area contributed by atoms with Crippen molar-refractivity contribution in [1.29, 1.82) is 0 Å². The van der Waals surface area contributed by atoms with Gasteiger partial charge < -0.3 is 5.11 Å². The number of aliphatic hydroxyl groups excluding tert-OH is 1. The second-order valence-corrected chi connectivity index (χ2v) is 9.96. The number of hydrogen-bond donors (Lipinski definition) is 1. The summed E-state index contributed by atoms with van der Waals surface area (Å²) >= 11 is 0. The van der Waals surface area contributed by atoms with Gasteiger partial charge in [0.1, 0.15) is 0 Å². The van der Waals surface area contributed by atoms with Gasteiger partial charge in [0.15, 0.2) is 0 Å². The van der Waals surface area contributed by atoms with Gasteiger partial charge in [0.2, 0.25) is 0 Å². The summed E-state index contributed by atoms with van der Waals surface area (Å²) in [6, 6.07) is 0. The van der Waals surface area contributed by atoms with E-state index in [-0.39, 0.29) is 11.5 Å². The number of aliphatic hydroxyl groups is 1. The molecule has 4 rings (SSSR count). The number of hydrogen-bond acceptors (Lipinski definition) is 1. The van der Waals surface area contributed by atoms with Gasteiger partial charge in [-0.1, -0.05) is 32.4 Å². The Hall–Kier alpha value is -0.300. The van der Waals surface area contributed by atoms with Crippen LogP contribution in [0.5, 0.6) is 0 Å². The van der Waals surface area contributed by atoms with E-state index in [9.17, 15) is 5.11 Å². The van der Waals surface area contributed by atoms with Gasteiger partial charge in [0, 0.05) is 0 Å². The highest BCUT2D eigenvalue weighted by Crippen LogP contribution is 2.69. The molecule has 0 spiro atoms. The summed E-state index contributed by atoms with van der Waals surface area (Å²) in [6.45, 7) is 9.92. The van der Waals surface area contributed by atoms with Crippen LogP contribution in [0.2, 0.25) is 0 Å². The van der Waals surface area contributed by atoms with Crippen molar-refractivity contribution >= 4 is 0 Å². The third kappa shape index (κ3) is 1.75. The van der Waals surface area contributed by atoms with Crippen molar-refractivity contribution in [3.05, 3.63) is 11.6 Å². The average Bonchev–Trinajstić information content (AvgIpc) is 2.76. The molecule has 124 valence electrons. The van der Waals surface area contributed by atoms with E-state index in [4.69, 9.17) is 0 Å². The molecule has 0 aromatic heterocycles. The van der Waals surface area contributed by atoms with Crippen molar-refractivity contribution in [2.45, 2.75) is 85.2 Å². The highest BCUT2D eigenvalue weighted by atomic mass is 16.3. The molecule has 1 heteroatoms. The van der Waals surface area contributed by atoms with Crippen LogP contribution in [0, 0.1) is 34.0 Å². The monoisotopic (exact) mass is 302 g/mol. The first kappa shape index (κ1) is 15.2. The Balaban J connectivity index is 1.70. The van der Waals surface area contributed by atoms with Gasteiger partial charge in [0.05, 0.1) is 6.10 Å². The van der Waals surface area contributed by atoms with Gasteiger partial charge in [-0.05, 0) is 92.3 Å². The predicted octanol–water partition coefficient (Wildman–Crippen LogP) is 5.34. The predicted molar refractivity (Wildman–Crippen MR) is 91.5 cm³/mol. The Morgan fingerprint density at radius 1 is 1.00 bits per heavy atom. The first-order valence-corrected chi connectivity index (χ1v) is 9.64. The minimum Gasteiger partial charge on any atom is -0.393 e. The summed E-state index contributed by atoms with van der Waals surface area (Å²) in [7, 11) is 0. The van der Waals surface area contributed by atoms with E-state index in [2.05, 4.69) is 33.8 Å². The summed E-state index contributed by atoms with van der Waals surface area (Å²) in [5.74, 6) is 2.55. The van der Waals surface area contributed by atoms with Crippen molar-refractivity contribution in [3.8, 4) is 0 Å². The standard InChI is InChI=1S/C21H34O/c1-14-7-12-21(4)17-9-11-20(3)16(5-6-18(20)22)15(17)8-10-19(21,2)13-14/h7,15-18,22H,5-6,8-13H2,1-4H3/t15-,16-,17-,18-,19+,20-,21+/m0/s1. The SMILES string of the molecule is CC1=CC[C@]2(C)[C@H]3CC[C@]4(C)[C@@H](O)CC[C@H]4[C@@H]3CC[C@]2(C)C1. The van der Waals surface area contributed by atoms with Crippen molar-refractivity contribution in [2.75, 3.05) is 0 Å². The zero-order valence-corrected chi connectivity index (χ0v) is 15.0. The molecule has 0 aromatic carbocycles. The molecule has 0 saturated heterocycles. The number of allylic oxidation sites excluding steroid dienone is 2. The van der Waals surface area contributed by atoms with Crippen molar-refractivity contribution in [3.63, 3.8) is 0 Å². The molecule has 0 heterocycles. The lowest BCUT2D eigenvalue weighted by atomic mass is 9.41. The zero-order chi connectivity index (χ0) is 15.8. The molecule has 0 aliphatic heterocycles. The quantitative estimate of drug-likeness (QED) is 0.599. The minimum atomic E-state index is -0.0342. The van der Waals surface area contributed by atoms with Gasteiger partial charge in [-0.3, -0.25) is 0 Å². The summed E-state index contributed by atoms with van der Waals surface area (Å²) in [5, 5.41) is 10.5. The fourth-order valence-corrected chi connectivity index (χ4v) is 7.43. The maximum Gasteiger partial charge on any atom is 0.0596 e. The third-order valence-corrected chi connectivity index (χ3v) is 9.16. The van der Waals surface area contributed by atoms with Gasteiger partial charge in [-0.2, -0.15) is 0 Å². The molecule has 1 nitrogen and oxygen atoms in total. The maximum absolute atomic E-state index is 10.5. The molecule has 4 aliphatic rings. The Labute approximate surface area is 136 Å². The number of fused-ring (bicyclic) bond motifs is 5. The van der Waals surface area contributed by atoms with Crippen LogP contribution < -0.4 is 0 Å². The van der Waals surface area contributed by atoms with Crippen LogP contribution in [0.3, 0.4) is 0 Å². The van der Waals surface area contributed by atoms with Gasteiger partial charge in [0.25, 0.3) is 0 Å². The molecular formula is C21H34O. The van der Waals surface area contributed by atoms with Gasteiger partial charge in [-0.15, -0.1) is 0 Å². The van der Waals surface area contributed by atoms with Crippen LogP contribution >= 0.6 is 0 Å². The Morgan fingerprint density at radius 2 is 1.77 bits per heavy atom. The van der Waals surface area contributed by atoms with Crippen LogP contribution in [-0.2, 0) is 0 Å². The van der Waals surface area contributed by atoms with E-state index < -0.39 is 0 Å². The summed E-state index contributed by atoms with van der Waals surface area (Å²) in [6.07, 6.45) is 12.9. The molecule has 0 aromatic rings. The topological polar surface area (TPSA) is 20.2 Å². The van der Waals surface area contributed by atoms with E-state index in [0.717, 1.165) is 24.2 Å². The second kappa shape index (κ2) is 4.62. The summed E-state index contributed by atoms with van der Waals surface area (Å²) in [4.78, 5) is 0. The lowest BCUT2D eigenvalue weighted by Gasteiger charge is -2.64. The number of rotatable bonds is 0. The lowest BCUT2D eigenvalue weighted by molar-refractivity contribution is -0.142. The molecule has 7 atom stereocenters. The van der Waals surface area contributed by atoms with Gasteiger partial charge >= 0.3 is 0 Å². The molecule has 0 bridgehead atoms. The molecule has 4 aliphatic carbocycles. The fraction of sp³-hybridized carbons (Fsp3) is 0.905. The van der Waals surface area contributed by atoms with Crippen molar-refractivity contribution in [1.82, 2.24) is 0 Å². The van der Waals surface area contributed by atoms with Crippen LogP contribution in [0.15, 0.2) is 11.6 Å². The van der Waals surface area contributed by atoms with E-state index in [1.54, 1.807) is 5.57 Å². The minimum absolute atomic E-state index is 0.0342. The molecule has 3 saturated carbocycles. The molecule has 0 radical (unpaired) electrons. The summed E-state index contributed by atoms with van der Waals surface area (Å²) < 4.78 is 0. The van der Waals surface area contributed by atoms with Crippen LogP contribution in [0.4, 0.5) is 0 Å².